The Morgan fingerprint density at radius 3 is 2.83 bits per heavy atom. The van der Waals surface area contributed by atoms with E-state index in [-0.39, 0.29) is 11.2 Å². The smallest absolute Gasteiger partial charge is 0.161 e. The number of aliphatic hydroxyl groups is 1. The van der Waals surface area contributed by atoms with Crippen molar-refractivity contribution >= 4 is 5.78 Å². The number of methoxy groups -OCH3 is 2. The minimum atomic E-state index is -0.417. The molecule has 1 saturated carbocycles. The Morgan fingerprint density at radius 1 is 1.33 bits per heavy atom. The monoisotopic (exact) mass is 331 g/mol. The van der Waals surface area contributed by atoms with E-state index in [9.17, 15) is 9.90 Å². The second-order valence-electron chi connectivity index (χ2n) is 7.64. The van der Waals surface area contributed by atoms with Gasteiger partial charge in [-0.3, -0.25) is 4.79 Å². The fraction of sp³-hybridized carbons (Fsp3) is 0.632. The summed E-state index contributed by atoms with van der Waals surface area (Å²) in [7, 11) is 3.22. The van der Waals surface area contributed by atoms with Gasteiger partial charge in [-0.1, -0.05) is 6.92 Å². The van der Waals surface area contributed by atoms with Crippen LogP contribution in [0.3, 0.4) is 0 Å². The number of carbonyl (C=O) groups excluding carboxylic acids is 1. The zero-order valence-electron chi connectivity index (χ0n) is 14.5. The number of nitrogens with one attached hydrogen (secondary N) is 1. The van der Waals surface area contributed by atoms with Crippen molar-refractivity contribution in [2.24, 2.45) is 17.3 Å². The van der Waals surface area contributed by atoms with E-state index >= 15 is 0 Å². The molecule has 0 radical (unpaired) electrons. The van der Waals surface area contributed by atoms with Gasteiger partial charge in [0.1, 0.15) is 17.6 Å². The van der Waals surface area contributed by atoms with Gasteiger partial charge in [0.15, 0.2) is 5.78 Å². The Hall–Kier alpha value is -1.75. The number of ether oxygens (including phenoxy) is 2. The molecule has 0 aromatic heterocycles. The van der Waals surface area contributed by atoms with Crippen molar-refractivity contribution < 1.29 is 19.4 Å². The SMILES string of the molecule is COC1=CNC2=C3C1=C(O)C1(CCC(=O)C(OC)C1)CC3C(C)C2. The normalized spacial score (nSPS) is 38.2. The van der Waals surface area contributed by atoms with Gasteiger partial charge in [0, 0.05) is 30.8 Å². The summed E-state index contributed by atoms with van der Waals surface area (Å²) in [5.74, 6) is 2.14. The first-order valence-corrected chi connectivity index (χ1v) is 8.74. The van der Waals surface area contributed by atoms with E-state index in [1.54, 1.807) is 14.2 Å². The number of allylic oxidation sites excluding steroid dienone is 3. The summed E-state index contributed by atoms with van der Waals surface area (Å²) in [6.07, 6.45) is 5.03. The fourth-order valence-electron chi connectivity index (χ4n) is 5.11. The Kier molecular flexibility index (Phi) is 3.53. The molecule has 2 N–H and O–H groups in total. The van der Waals surface area contributed by atoms with Crippen molar-refractivity contribution in [3.8, 4) is 0 Å². The third kappa shape index (κ3) is 2.00. The summed E-state index contributed by atoms with van der Waals surface area (Å²) in [4.78, 5) is 12.1. The van der Waals surface area contributed by atoms with E-state index in [0.29, 0.717) is 42.6 Å². The summed E-state index contributed by atoms with van der Waals surface area (Å²) in [6, 6.07) is 0. The first-order chi connectivity index (χ1) is 11.5. The van der Waals surface area contributed by atoms with E-state index in [4.69, 9.17) is 9.47 Å². The Bertz CT molecular complexity index is 689. The molecule has 0 bridgehead atoms. The molecular weight excluding hydrogens is 306 g/mol. The Morgan fingerprint density at radius 2 is 2.12 bits per heavy atom. The molecule has 0 aromatic rings. The molecule has 130 valence electrons. The highest BCUT2D eigenvalue weighted by Gasteiger charge is 2.53. The zero-order valence-corrected chi connectivity index (χ0v) is 14.5. The number of aliphatic hydroxyl groups excluding tert-OH is 1. The standard InChI is InChI=1S/C19H25NO4/c1-10-6-12-16-11(10)7-19(5-4-13(21)14(8-19)23-2)18(22)17(16)15(24-3)9-20-12/h9-11,14,20,22H,4-8H2,1-3H3. The Labute approximate surface area is 142 Å². The van der Waals surface area contributed by atoms with E-state index in [1.807, 2.05) is 6.20 Å². The lowest BCUT2D eigenvalue weighted by Gasteiger charge is -2.46. The van der Waals surface area contributed by atoms with Gasteiger partial charge in [-0.25, -0.2) is 0 Å². The summed E-state index contributed by atoms with van der Waals surface area (Å²) in [6.45, 7) is 2.27. The number of hydrogen-bond acceptors (Lipinski definition) is 5. The van der Waals surface area contributed by atoms with Gasteiger partial charge in [-0.15, -0.1) is 0 Å². The highest BCUT2D eigenvalue weighted by atomic mass is 16.5. The molecule has 4 aliphatic rings. The lowest BCUT2D eigenvalue weighted by atomic mass is 9.59. The molecule has 4 rings (SSSR count). The molecule has 1 fully saturated rings. The number of dihydropyridines is 1. The maximum absolute atomic E-state index is 12.1. The molecule has 0 aromatic carbocycles. The van der Waals surface area contributed by atoms with Crippen LogP contribution < -0.4 is 5.32 Å². The van der Waals surface area contributed by atoms with Crippen LogP contribution in [-0.2, 0) is 14.3 Å². The Balaban J connectivity index is 1.84. The van der Waals surface area contributed by atoms with Crippen molar-refractivity contribution in [1.82, 2.24) is 5.32 Å². The van der Waals surface area contributed by atoms with Crippen molar-refractivity contribution in [3.63, 3.8) is 0 Å². The van der Waals surface area contributed by atoms with Crippen LogP contribution in [0.4, 0.5) is 0 Å². The quantitative estimate of drug-likeness (QED) is 0.814. The molecule has 4 unspecified atom stereocenters. The van der Waals surface area contributed by atoms with Crippen molar-refractivity contribution in [2.45, 2.75) is 45.1 Å². The second kappa shape index (κ2) is 5.38. The van der Waals surface area contributed by atoms with Crippen molar-refractivity contribution in [1.29, 1.82) is 0 Å². The number of rotatable bonds is 2. The maximum atomic E-state index is 12.1. The van der Waals surface area contributed by atoms with Crippen LogP contribution in [0.5, 0.6) is 0 Å². The topological polar surface area (TPSA) is 67.8 Å². The molecule has 1 spiro atoms. The molecule has 4 atom stereocenters. The van der Waals surface area contributed by atoms with Gasteiger partial charge in [0.2, 0.25) is 0 Å². The maximum Gasteiger partial charge on any atom is 0.161 e. The number of carbonyl (C=O) groups is 1. The third-order valence-electron chi connectivity index (χ3n) is 6.44. The molecule has 5 heteroatoms. The van der Waals surface area contributed by atoms with Crippen LogP contribution in [0.25, 0.3) is 0 Å². The van der Waals surface area contributed by atoms with Crippen molar-refractivity contribution in [2.75, 3.05) is 14.2 Å². The summed E-state index contributed by atoms with van der Waals surface area (Å²) in [5.41, 5.74) is 2.91. The van der Waals surface area contributed by atoms with Crippen molar-refractivity contribution in [3.05, 3.63) is 34.6 Å². The van der Waals surface area contributed by atoms with Crippen LogP contribution in [0.1, 0.15) is 39.0 Å². The average molecular weight is 331 g/mol. The lowest BCUT2D eigenvalue weighted by molar-refractivity contribution is -0.136. The van der Waals surface area contributed by atoms with Gasteiger partial charge in [-0.2, -0.15) is 0 Å². The fourth-order valence-corrected chi connectivity index (χ4v) is 5.11. The predicted octanol–water partition coefficient (Wildman–Crippen LogP) is 2.96. The molecular formula is C19H25NO4. The second-order valence-corrected chi connectivity index (χ2v) is 7.64. The van der Waals surface area contributed by atoms with E-state index in [0.717, 1.165) is 18.4 Å². The first-order valence-electron chi connectivity index (χ1n) is 8.74. The van der Waals surface area contributed by atoms with E-state index in [1.165, 1.54) is 11.3 Å². The van der Waals surface area contributed by atoms with Crippen LogP contribution in [0.15, 0.2) is 34.6 Å². The molecule has 24 heavy (non-hydrogen) atoms. The molecule has 3 aliphatic carbocycles. The summed E-state index contributed by atoms with van der Waals surface area (Å²) >= 11 is 0. The molecule has 1 heterocycles. The highest BCUT2D eigenvalue weighted by molar-refractivity contribution is 5.84. The summed E-state index contributed by atoms with van der Waals surface area (Å²) < 4.78 is 11.0. The minimum Gasteiger partial charge on any atom is -0.511 e. The predicted molar refractivity (Wildman–Crippen MR) is 88.9 cm³/mol. The molecule has 0 amide bonds. The molecule has 5 nitrogen and oxygen atoms in total. The number of hydrogen-bond donors (Lipinski definition) is 2. The lowest BCUT2D eigenvalue weighted by Crippen LogP contribution is -2.44. The number of ketones is 1. The first kappa shape index (κ1) is 15.8. The van der Waals surface area contributed by atoms with Gasteiger partial charge in [0.25, 0.3) is 0 Å². The minimum absolute atomic E-state index is 0.148. The van der Waals surface area contributed by atoms with Gasteiger partial charge >= 0.3 is 0 Å². The molecule has 1 aliphatic heterocycles. The van der Waals surface area contributed by atoms with Crippen LogP contribution in [0, 0.1) is 17.3 Å². The van der Waals surface area contributed by atoms with Gasteiger partial charge < -0.3 is 19.9 Å². The van der Waals surface area contributed by atoms with Gasteiger partial charge in [-0.05, 0) is 43.1 Å². The molecule has 0 saturated heterocycles. The third-order valence-corrected chi connectivity index (χ3v) is 6.44. The number of Topliss-reactive ketones (excluding diaryl/α,β-unsaturated/α-hetero) is 1. The largest absolute Gasteiger partial charge is 0.511 e. The zero-order chi connectivity index (χ0) is 17.1. The van der Waals surface area contributed by atoms with Crippen LogP contribution in [-0.4, -0.2) is 31.2 Å². The van der Waals surface area contributed by atoms with E-state index in [2.05, 4.69) is 12.2 Å². The average Bonchev–Trinajstić information content (AvgIpc) is 2.90. The van der Waals surface area contributed by atoms with Gasteiger partial charge in [0.05, 0.1) is 12.7 Å². The van der Waals surface area contributed by atoms with Crippen LogP contribution in [0.2, 0.25) is 0 Å². The van der Waals surface area contributed by atoms with Crippen LogP contribution >= 0.6 is 0 Å². The van der Waals surface area contributed by atoms with E-state index < -0.39 is 6.10 Å². The highest BCUT2D eigenvalue weighted by Crippen LogP contribution is 2.59. The summed E-state index contributed by atoms with van der Waals surface area (Å²) in [5, 5.41) is 14.6.